The van der Waals surface area contributed by atoms with Crippen LogP contribution in [0.3, 0.4) is 0 Å². The van der Waals surface area contributed by atoms with Gasteiger partial charge < -0.3 is 25.2 Å². The van der Waals surface area contributed by atoms with E-state index in [0.29, 0.717) is 0 Å². The molecule has 1 amide bonds. The van der Waals surface area contributed by atoms with Gasteiger partial charge in [-0.2, -0.15) is 0 Å². The molecule has 0 saturated carbocycles. The van der Waals surface area contributed by atoms with Gasteiger partial charge in [-0.3, -0.25) is 4.79 Å². The number of rotatable bonds is 9. The van der Waals surface area contributed by atoms with E-state index in [-0.39, 0.29) is 30.5 Å². The molecule has 34 heavy (non-hydrogen) atoms. The highest BCUT2D eigenvalue weighted by molar-refractivity contribution is 5.95. The quantitative estimate of drug-likeness (QED) is 0.326. The number of fused-ring (bicyclic) bond motifs is 1. The van der Waals surface area contributed by atoms with Gasteiger partial charge in [0.25, 0.3) is 5.91 Å². The summed E-state index contributed by atoms with van der Waals surface area (Å²) in [4.78, 5) is 33.4. The molecule has 0 radical (unpaired) electrons. The van der Waals surface area contributed by atoms with Crippen LogP contribution in [0.5, 0.6) is 0 Å². The van der Waals surface area contributed by atoms with Crippen LogP contribution in [-0.2, 0) is 22.6 Å². The number of nitrogens with one attached hydrogen (secondary N) is 2. The van der Waals surface area contributed by atoms with Gasteiger partial charge in [0.2, 0.25) is 5.89 Å². The fourth-order valence-corrected chi connectivity index (χ4v) is 3.61. The Hall–Kier alpha value is -3.91. The van der Waals surface area contributed by atoms with Crippen LogP contribution >= 0.6 is 0 Å². The van der Waals surface area contributed by atoms with Crippen molar-refractivity contribution in [3.63, 3.8) is 0 Å². The second-order valence-corrected chi connectivity index (χ2v) is 8.52. The number of benzene rings is 2. The highest BCUT2D eigenvalue weighted by Crippen LogP contribution is 2.21. The van der Waals surface area contributed by atoms with Gasteiger partial charge in [-0.15, -0.1) is 0 Å². The van der Waals surface area contributed by atoms with Crippen LogP contribution in [0.4, 0.5) is 0 Å². The van der Waals surface area contributed by atoms with E-state index in [1.807, 2.05) is 74.6 Å². The second kappa shape index (κ2) is 10.4. The summed E-state index contributed by atoms with van der Waals surface area (Å²) in [5.41, 5.74) is 8.83. The van der Waals surface area contributed by atoms with E-state index in [0.717, 1.165) is 22.0 Å². The molecule has 8 heteroatoms. The number of hydrogen-bond donors (Lipinski definition) is 3. The summed E-state index contributed by atoms with van der Waals surface area (Å²) in [6, 6.07) is 15.8. The summed E-state index contributed by atoms with van der Waals surface area (Å²) in [5, 5.41) is 3.74. The lowest BCUT2D eigenvalue weighted by molar-refractivity contribution is -0.147. The third-order valence-corrected chi connectivity index (χ3v) is 5.67. The number of carbonyl (C=O) groups excluding carboxylic acids is 2. The van der Waals surface area contributed by atoms with E-state index in [4.69, 9.17) is 14.9 Å². The number of amides is 1. The van der Waals surface area contributed by atoms with Gasteiger partial charge >= 0.3 is 5.97 Å². The Labute approximate surface area is 197 Å². The second-order valence-electron chi connectivity index (χ2n) is 8.52. The Kier molecular flexibility index (Phi) is 7.08. The van der Waals surface area contributed by atoms with Gasteiger partial charge in [0.15, 0.2) is 5.69 Å². The number of para-hydroxylation sites is 1. The summed E-state index contributed by atoms with van der Waals surface area (Å²) in [7, 11) is 0. The Morgan fingerprint density at radius 2 is 1.85 bits per heavy atom. The number of nitrogens with two attached hydrogens (primary N) is 1. The van der Waals surface area contributed by atoms with Crippen molar-refractivity contribution < 1.29 is 18.7 Å². The molecule has 0 aliphatic heterocycles. The van der Waals surface area contributed by atoms with Crippen molar-refractivity contribution in [3.8, 4) is 0 Å². The van der Waals surface area contributed by atoms with Crippen LogP contribution in [0.15, 0.2) is 71.5 Å². The summed E-state index contributed by atoms with van der Waals surface area (Å²) in [6.45, 7) is 3.99. The van der Waals surface area contributed by atoms with Crippen molar-refractivity contribution >= 4 is 22.8 Å². The van der Waals surface area contributed by atoms with Crippen molar-refractivity contribution in [2.45, 2.75) is 39.0 Å². The highest BCUT2D eigenvalue weighted by Gasteiger charge is 2.27. The Balaban J connectivity index is 1.53. The molecule has 4 N–H and O–H groups in total. The van der Waals surface area contributed by atoms with Gasteiger partial charge in [-0.1, -0.05) is 62.4 Å². The standard InChI is InChI=1S/C26H28N4O4/c1-16(2)23(27)25-30-22(15-33-25)24(31)29-21(26(32)34-14-17-8-4-3-5-9-17)12-18-13-28-20-11-7-6-10-19(18)20/h3-11,13,15-16,21,23,28H,12,14,27H2,1-2H3,(H,29,31). The smallest absolute Gasteiger partial charge is 0.329 e. The lowest BCUT2D eigenvalue weighted by atomic mass is 10.0. The first kappa shape index (κ1) is 23.3. The topological polar surface area (TPSA) is 123 Å². The Morgan fingerprint density at radius 1 is 1.12 bits per heavy atom. The van der Waals surface area contributed by atoms with E-state index in [2.05, 4.69) is 15.3 Å². The lowest BCUT2D eigenvalue weighted by Gasteiger charge is -2.17. The molecule has 2 aromatic heterocycles. The first-order valence-corrected chi connectivity index (χ1v) is 11.2. The number of H-pyrrole nitrogens is 1. The van der Waals surface area contributed by atoms with E-state index >= 15 is 0 Å². The lowest BCUT2D eigenvalue weighted by Crippen LogP contribution is -2.43. The molecule has 0 bridgehead atoms. The van der Waals surface area contributed by atoms with Gasteiger partial charge in [0, 0.05) is 23.5 Å². The molecule has 4 aromatic rings. The van der Waals surface area contributed by atoms with E-state index in [1.165, 1.54) is 6.26 Å². The largest absolute Gasteiger partial charge is 0.459 e. The minimum Gasteiger partial charge on any atom is -0.459 e. The van der Waals surface area contributed by atoms with Crippen LogP contribution in [0, 0.1) is 5.92 Å². The molecule has 2 heterocycles. The number of nitrogens with zero attached hydrogens (tertiary/aromatic N) is 1. The molecule has 0 fully saturated rings. The van der Waals surface area contributed by atoms with E-state index in [9.17, 15) is 9.59 Å². The molecule has 0 saturated heterocycles. The summed E-state index contributed by atoms with van der Waals surface area (Å²) in [5.74, 6) is -0.699. The SMILES string of the molecule is CC(C)C(N)c1nc(C(=O)NC(Cc2c[nH]c3ccccc23)C(=O)OCc2ccccc2)co1. The average molecular weight is 461 g/mol. The molecule has 4 rings (SSSR count). The number of oxazole rings is 1. The Morgan fingerprint density at radius 3 is 2.62 bits per heavy atom. The van der Waals surface area contributed by atoms with Crippen LogP contribution in [0.25, 0.3) is 10.9 Å². The molecular weight excluding hydrogens is 432 g/mol. The zero-order valence-electron chi connectivity index (χ0n) is 19.2. The van der Waals surface area contributed by atoms with Crippen molar-refractivity contribution in [1.82, 2.24) is 15.3 Å². The maximum Gasteiger partial charge on any atom is 0.329 e. The van der Waals surface area contributed by atoms with Gasteiger partial charge in [0.1, 0.15) is 18.9 Å². The third-order valence-electron chi connectivity index (χ3n) is 5.67. The molecule has 0 spiro atoms. The van der Waals surface area contributed by atoms with Crippen LogP contribution < -0.4 is 11.1 Å². The number of ether oxygens (including phenoxy) is 1. The van der Waals surface area contributed by atoms with Gasteiger partial charge in [-0.05, 0) is 23.1 Å². The number of carbonyl (C=O) groups is 2. The van der Waals surface area contributed by atoms with Gasteiger partial charge in [-0.25, -0.2) is 9.78 Å². The zero-order chi connectivity index (χ0) is 24.1. The van der Waals surface area contributed by atoms with E-state index in [1.54, 1.807) is 0 Å². The minimum absolute atomic E-state index is 0.0610. The zero-order valence-corrected chi connectivity index (χ0v) is 19.2. The fraction of sp³-hybridized carbons (Fsp3) is 0.269. The number of aromatic nitrogens is 2. The monoisotopic (exact) mass is 460 g/mol. The number of esters is 1. The maximum atomic E-state index is 13.0. The normalized spacial score (nSPS) is 13.1. The average Bonchev–Trinajstić information content (AvgIpc) is 3.50. The third kappa shape index (κ3) is 5.35. The van der Waals surface area contributed by atoms with Crippen molar-refractivity contribution in [1.29, 1.82) is 0 Å². The van der Waals surface area contributed by atoms with Crippen molar-refractivity contribution in [2.75, 3.05) is 0 Å². The van der Waals surface area contributed by atoms with Gasteiger partial charge in [0.05, 0.1) is 6.04 Å². The molecule has 2 aromatic carbocycles. The number of hydrogen-bond acceptors (Lipinski definition) is 6. The Bertz CT molecular complexity index is 1260. The van der Waals surface area contributed by atoms with Crippen LogP contribution in [-0.4, -0.2) is 27.9 Å². The molecule has 0 aliphatic rings. The van der Waals surface area contributed by atoms with Crippen molar-refractivity contribution in [3.05, 3.63) is 89.8 Å². The minimum atomic E-state index is -0.922. The number of aromatic amines is 1. The molecule has 0 aliphatic carbocycles. The van der Waals surface area contributed by atoms with Crippen molar-refractivity contribution in [2.24, 2.45) is 11.7 Å². The predicted octanol–water partition coefficient (Wildman–Crippen LogP) is 3.90. The highest BCUT2D eigenvalue weighted by atomic mass is 16.5. The van der Waals surface area contributed by atoms with E-state index < -0.39 is 24.0 Å². The maximum absolute atomic E-state index is 13.0. The fourth-order valence-electron chi connectivity index (χ4n) is 3.61. The predicted molar refractivity (Wildman–Crippen MR) is 128 cm³/mol. The molecule has 2 unspecified atom stereocenters. The molecular formula is C26H28N4O4. The first-order valence-electron chi connectivity index (χ1n) is 11.2. The summed E-state index contributed by atoms with van der Waals surface area (Å²) in [6.07, 6.45) is 3.34. The van der Waals surface area contributed by atoms with Crippen LogP contribution in [0.1, 0.15) is 47.4 Å². The molecule has 2 atom stereocenters. The molecule has 176 valence electrons. The first-order chi connectivity index (χ1) is 16.4. The molecule has 8 nitrogen and oxygen atoms in total. The summed E-state index contributed by atoms with van der Waals surface area (Å²) < 4.78 is 10.9. The van der Waals surface area contributed by atoms with Crippen LogP contribution in [0.2, 0.25) is 0 Å². The summed E-state index contributed by atoms with van der Waals surface area (Å²) >= 11 is 0.